The molecule has 7 nitrogen and oxygen atoms in total. The predicted molar refractivity (Wildman–Crippen MR) is 103 cm³/mol. The van der Waals surface area contributed by atoms with Gasteiger partial charge in [-0.25, -0.2) is 4.98 Å². The zero-order valence-electron chi connectivity index (χ0n) is 15.3. The Balaban J connectivity index is 1.58. The highest BCUT2D eigenvalue weighted by Gasteiger charge is 2.19. The van der Waals surface area contributed by atoms with E-state index in [1.807, 2.05) is 19.1 Å². The van der Waals surface area contributed by atoms with Crippen LogP contribution in [0.1, 0.15) is 25.3 Å². The van der Waals surface area contributed by atoms with Crippen LogP contribution in [-0.4, -0.2) is 71.7 Å². The van der Waals surface area contributed by atoms with Gasteiger partial charge in [-0.2, -0.15) is 0 Å². The van der Waals surface area contributed by atoms with Gasteiger partial charge in [-0.15, -0.1) is 11.6 Å². The number of nitrogens with one attached hydrogen (secondary N) is 2. The fourth-order valence-electron chi connectivity index (χ4n) is 2.87. The minimum absolute atomic E-state index is 0.00121. The Labute approximate surface area is 160 Å². The molecule has 1 aromatic rings. The van der Waals surface area contributed by atoms with Gasteiger partial charge in [-0.05, 0) is 31.5 Å². The quantitative estimate of drug-likeness (QED) is 0.630. The molecule has 0 unspecified atom stereocenters. The lowest BCUT2D eigenvalue weighted by molar-refractivity contribution is -0.130. The van der Waals surface area contributed by atoms with Gasteiger partial charge < -0.3 is 15.5 Å². The van der Waals surface area contributed by atoms with E-state index in [2.05, 4.69) is 20.5 Å². The first-order valence-corrected chi connectivity index (χ1v) is 9.67. The van der Waals surface area contributed by atoms with Gasteiger partial charge in [0, 0.05) is 51.9 Å². The van der Waals surface area contributed by atoms with Gasteiger partial charge in [0.15, 0.2) is 0 Å². The Morgan fingerprint density at radius 1 is 1.23 bits per heavy atom. The van der Waals surface area contributed by atoms with E-state index < -0.39 is 0 Å². The minimum Gasteiger partial charge on any atom is -0.370 e. The molecule has 2 heterocycles. The second-order valence-corrected chi connectivity index (χ2v) is 6.59. The van der Waals surface area contributed by atoms with Crippen molar-refractivity contribution in [1.82, 2.24) is 20.1 Å². The molecule has 1 saturated heterocycles. The third-order valence-electron chi connectivity index (χ3n) is 4.39. The normalized spacial score (nSPS) is 14.9. The van der Waals surface area contributed by atoms with Crippen LogP contribution in [-0.2, 0) is 16.1 Å². The number of hydrogen-bond donors (Lipinski definition) is 2. The summed E-state index contributed by atoms with van der Waals surface area (Å²) in [5.74, 6) is 0.943. The molecule has 0 bridgehead atoms. The van der Waals surface area contributed by atoms with E-state index in [1.165, 1.54) is 0 Å². The van der Waals surface area contributed by atoms with Crippen LogP contribution in [0.3, 0.4) is 0 Å². The van der Waals surface area contributed by atoms with Crippen LogP contribution in [0.5, 0.6) is 0 Å². The van der Waals surface area contributed by atoms with Gasteiger partial charge in [0.2, 0.25) is 11.8 Å². The molecule has 1 aliphatic heterocycles. The van der Waals surface area contributed by atoms with E-state index in [0.717, 1.165) is 44.0 Å². The minimum atomic E-state index is -0.00121. The van der Waals surface area contributed by atoms with Crippen molar-refractivity contribution >= 4 is 29.2 Å². The van der Waals surface area contributed by atoms with E-state index >= 15 is 0 Å². The van der Waals surface area contributed by atoms with E-state index in [0.29, 0.717) is 26.1 Å². The first-order chi connectivity index (χ1) is 12.6. The van der Waals surface area contributed by atoms with Gasteiger partial charge in [0.25, 0.3) is 0 Å². The maximum absolute atomic E-state index is 12.0. The number of anilines is 1. The maximum Gasteiger partial charge on any atom is 0.237 e. The predicted octanol–water partition coefficient (Wildman–Crippen LogP) is 1.29. The molecule has 1 aliphatic rings. The number of piperazine rings is 1. The van der Waals surface area contributed by atoms with Crippen LogP contribution in [0.15, 0.2) is 18.3 Å². The molecular formula is C18H28ClN5O2. The van der Waals surface area contributed by atoms with Gasteiger partial charge >= 0.3 is 0 Å². The number of rotatable bonds is 9. The Morgan fingerprint density at radius 3 is 2.62 bits per heavy atom. The number of hydrogen-bond acceptors (Lipinski definition) is 5. The first-order valence-electron chi connectivity index (χ1n) is 9.14. The van der Waals surface area contributed by atoms with Crippen LogP contribution < -0.4 is 10.6 Å². The molecule has 2 amide bonds. The molecule has 2 N–H and O–H groups in total. The van der Waals surface area contributed by atoms with Crippen molar-refractivity contribution < 1.29 is 9.59 Å². The Hall–Kier alpha value is -1.86. The van der Waals surface area contributed by atoms with Gasteiger partial charge in [-0.3, -0.25) is 14.5 Å². The zero-order chi connectivity index (χ0) is 18.8. The molecule has 0 spiro atoms. The number of halogens is 1. The molecule has 0 aromatic carbocycles. The summed E-state index contributed by atoms with van der Waals surface area (Å²) in [5.41, 5.74) is 0.986. The summed E-state index contributed by atoms with van der Waals surface area (Å²) in [4.78, 5) is 31.9. The smallest absolute Gasteiger partial charge is 0.237 e. The highest BCUT2D eigenvalue weighted by atomic mass is 35.5. The summed E-state index contributed by atoms with van der Waals surface area (Å²) in [5, 5.41) is 6.07. The summed E-state index contributed by atoms with van der Waals surface area (Å²) in [6, 6.07) is 3.88. The highest BCUT2D eigenvalue weighted by molar-refractivity contribution is 6.27. The number of carbonyl (C=O) groups is 2. The molecule has 1 aromatic heterocycles. The number of pyridine rings is 1. The van der Waals surface area contributed by atoms with Crippen molar-refractivity contribution in [3.63, 3.8) is 0 Å². The molecule has 144 valence electrons. The first kappa shape index (κ1) is 20.5. The average Bonchev–Trinajstić information content (AvgIpc) is 2.67. The lowest BCUT2D eigenvalue weighted by Crippen LogP contribution is -2.49. The number of nitrogens with zero attached hydrogens (tertiary/aromatic N) is 3. The highest BCUT2D eigenvalue weighted by Crippen LogP contribution is 2.06. The number of aromatic nitrogens is 1. The Kier molecular flexibility index (Phi) is 8.64. The monoisotopic (exact) mass is 381 g/mol. The molecule has 2 rings (SSSR count). The second kappa shape index (κ2) is 11.0. The number of amides is 2. The number of alkyl halides is 1. The van der Waals surface area contributed by atoms with Crippen LogP contribution >= 0.6 is 11.6 Å². The molecule has 0 aliphatic carbocycles. The van der Waals surface area contributed by atoms with Crippen molar-refractivity contribution in [1.29, 1.82) is 0 Å². The van der Waals surface area contributed by atoms with Crippen LogP contribution in [0.2, 0.25) is 0 Å². The van der Waals surface area contributed by atoms with E-state index in [1.54, 1.807) is 11.1 Å². The van der Waals surface area contributed by atoms with Crippen LogP contribution in [0, 0.1) is 0 Å². The van der Waals surface area contributed by atoms with Crippen LogP contribution in [0.25, 0.3) is 0 Å². The lowest BCUT2D eigenvalue weighted by atomic mass is 10.2. The fraction of sp³-hybridized carbons (Fsp3) is 0.611. The number of carbonyl (C=O) groups excluding carboxylic acids is 2. The van der Waals surface area contributed by atoms with Crippen LogP contribution in [0.4, 0.5) is 5.82 Å². The molecule has 0 radical (unpaired) electrons. The summed E-state index contributed by atoms with van der Waals surface area (Å²) in [6.45, 7) is 7.34. The van der Waals surface area contributed by atoms with Gasteiger partial charge in [-0.1, -0.05) is 6.07 Å². The summed E-state index contributed by atoms with van der Waals surface area (Å²) < 4.78 is 0. The standard InChI is InChI=1S/C18H28ClN5O2/c1-2-20-16-6-5-15(13-21-16)14-22-17(25)4-3-7-23-8-10-24(11-9-23)18(26)12-19/h5-6,13H,2-4,7-12,14H2,1H3,(H,20,21)(H,22,25). The lowest BCUT2D eigenvalue weighted by Gasteiger charge is -2.34. The topological polar surface area (TPSA) is 77.6 Å². The molecule has 0 saturated carbocycles. The van der Waals surface area contributed by atoms with E-state index in [-0.39, 0.29) is 17.7 Å². The zero-order valence-corrected chi connectivity index (χ0v) is 16.1. The third kappa shape index (κ3) is 6.80. The Bertz CT molecular complexity index is 573. The molecule has 26 heavy (non-hydrogen) atoms. The van der Waals surface area contributed by atoms with E-state index in [9.17, 15) is 9.59 Å². The van der Waals surface area contributed by atoms with Crippen molar-refractivity contribution in [2.75, 3.05) is 50.5 Å². The second-order valence-electron chi connectivity index (χ2n) is 6.32. The summed E-state index contributed by atoms with van der Waals surface area (Å²) >= 11 is 5.58. The largest absolute Gasteiger partial charge is 0.370 e. The third-order valence-corrected chi connectivity index (χ3v) is 4.62. The van der Waals surface area contributed by atoms with Crippen molar-refractivity contribution in [3.8, 4) is 0 Å². The summed E-state index contributed by atoms with van der Waals surface area (Å²) in [7, 11) is 0. The average molecular weight is 382 g/mol. The maximum atomic E-state index is 12.0. The van der Waals surface area contributed by atoms with Gasteiger partial charge in [0.1, 0.15) is 11.7 Å². The fourth-order valence-corrected chi connectivity index (χ4v) is 3.04. The molecule has 0 atom stereocenters. The molecule has 1 fully saturated rings. The van der Waals surface area contributed by atoms with Crippen molar-refractivity contribution in [2.24, 2.45) is 0 Å². The van der Waals surface area contributed by atoms with Crippen molar-refractivity contribution in [3.05, 3.63) is 23.9 Å². The molecular weight excluding hydrogens is 354 g/mol. The molecule has 8 heteroatoms. The van der Waals surface area contributed by atoms with E-state index in [4.69, 9.17) is 11.6 Å². The Morgan fingerprint density at radius 2 is 2.00 bits per heavy atom. The van der Waals surface area contributed by atoms with Crippen molar-refractivity contribution in [2.45, 2.75) is 26.3 Å². The van der Waals surface area contributed by atoms with Gasteiger partial charge in [0.05, 0.1) is 0 Å². The summed E-state index contributed by atoms with van der Waals surface area (Å²) in [6.07, 6.45) is 3.09. The SMILES string of the molecule is CCNc1ccc(CNC(=O)CCCN2CCN(C(=O)CCl)CC2)cn1.